The predicted molar refractivity (Wildman–Crippen MR) is 59.2 cm³/mol. The van der Waals surface area contributed by atoms with Crippen LogP contribution in [0.15, 0.2) is 46.9 Å². The summed E-state index contributed by atoms with van der Waals surface area (Å²) in [4.78, 5) is 10.1. The topological polar surface area (TPSA) is 30.2 Å². The molecule has 2 rings (SSSR count). The van der Waals surface area contributed by atoms with Gasteiger partial charge in [0.1, 0.15) is 23.6 Å². The van der Waals surface area contributed by atoms with Gasteiger partial charge < -0.3 is 4.42 Å². The molecule has 3 heteroatoms. The third-order valence-corrected chi connectivity index (χ3v) is 2.09. The lowest BCUT2D eigenvalue weighted by Gasteiger charge is -1.95. The first-order valence-electron chi connectivity index (χ1n) is 4.77. The number of carbonyl (C=O) groups is 1. The molecule has 0 unspecified atom stereocenters. The molecule has 0 aliphatic heterocycles. The SMILES string of the molecule is O=CC=Cc1ccc(-c2ccc(F)cc2)o1. The molecule has 1 heterocycles. The van der Waals surface area contributed by atoms with Crippen molar-refractivity contribution in [3.8, 4) is 11.3 Å². The molecule has 0 N–H and O–H groups in total. The molecular formula is C13H9FO2. The van der Waals surface area contributed by atoms with E-state index in [1.807, 2.05) is 0 Å². The molecule has 0 aliphatic rings. The molecule has 2 nitrogen and oxygen atoms in total. The number of carbonyl (C=O) groups excluding carboxylic acids is 1. The fourth-order valence-electron chi connectivity index (χ4n) is 1.35. The highest BCUT2D eigenvalue weighted by molar-refractivity contribution is 5.73. The van der Waals surface area contributed by atoms with Gasteiger partial charge in [-0.3, -0.25) is 4.79 Å². The Bertz CT molecular complexity index is 509. The number of hydrogen-bond donors (Lipinski definition) is 0. The van der Waals surface area contributed by atoms with Crippen molar-refractivity contribution in [1.82, 2.24) is 0 Å². The Labute approximate surface area is 92.0 Å². The normalized spacial score (nSPS) is 10.8. The van der Waals surface area contributed by atoms with Gasteiger partial charge in [0.05, 0.1) is 0 Å². The summed E-state index contributed by atoms with van der Waals surface area (Å²) in [5, 5.41) is 0. The first kappa shape index (κ1) is 10.4. The van der Waals surface area contributed by atoms with Crippen LogP contribution in [-0.2, 0) is 4.79 Å². The number of rotatable bonds is 3. The maximum Gasteiger partial charge on any atom is 0.142 e. The van der Waals surface area contributed by atoms with Crippen molar-refractivity contribution in [2.45, 2.75) is 0 Å². The highest BCUT2D eigenvalue weighted by Gasteiger charge is 2.02. The van der Waals surface area contributed by atoms with Gasteiger partial charge in [-0.25, -0.2) is 4.39 Å². The van der Waals surface area contributed by atoms with E-state index in [0.29, 0.717) is 17.8 Å². The number of aldehydes is 1. The fourth-order valence-corrected chi connectivity index (χ4v) is 1.35. The van der Waals surface area contributed by atoms with E-state index in [9.17, 15) is 9.18 Å². The van der Waals surface area contributed by atoms with E-state index >= 15 is 0 Å². The van der Waals surface area contributed by atoms with Crippen LogP contribution < -0.4 is 0 Å². The molecule has 2 aromatic rings. The first-order chi connectivity index (χ1) is 7.79. The second-order valence-electron chi connectivity index (χ2n) is 3.20. The van der Waals surface area contributed by atoms with Crippen molar-refractivity contribution in [2.24, 2.45) is 0 Å². The minimum atomic E-state index is -0.281. The van der Waals surface area contributed by atoms with Crippen molar-refractivity contribution in [3.05, 3.63) is 54.1 Å². The minimum absolute atomic E-state index is 0.281. The Hall–Kier alpha value is -2.16. The van der Waals surface area contributed by atoms with Gasteiger partial charge >= 0.3 is 0 Å². The minimum Gasteiger partial charge on any atom is -0.457 e. The van der Waals surface area contributed by atoms with Gasteiger partial charge in [-0.1, -0.05) is 0 Å². The summed E-state index contributed by atoms with van der Waals surface area (Å²) in [5.74, 6) is 0.952. The van der Waals surface area contributed by atoms with Crippen LogP contribution in [0, 0.1) is 5.82 Å². The van der Waals surface area contributed by atoms with Crippen molar-refractivity contribution < 1.29 is 13.6 Å². The summed E-state index contributed by atoms with van der Waals surface area (Å²) in [6.07, 6.45) is 3.60. The lowest BCUT2D eigenvalue weighted by atomic mass is 10.2. The Morgan fingerprint density at radius 3 is 2.50 bits per heavy atom. The summed E-state index contributed by atoms with van der Waals surface area (Å²) in [5.41, 5.74) is 0.798. The van der Waals surface area contributed by atoms with Crippen LogP contribution in [0.3, 0.4) is 0 Å². The Kier molecular flexibility index (Phi) is 2.96. The molecule has 1 aromatic carbocycles. The van der Waals surface area contributed by atoms with Gasteiger partial charge in [-0.15, -0.1) is 0 Å². The molecular weight excluding hydrogens is 207 g/mol. The van der Waals surface area contributed by atoms with E-state index in [1.165, 1.54) is 18.2 Å². The van der Waals surface area contributed by atoms with Gasteiger partial charge in [0.25, 0.3) is 0 Å². The number of halogens is 1. The molecule has 0 aliphatic carbocycles. The Balaban J connectivity index is 2.27. The molecule has 0 amide bonds. The van der Waals surface area contributed by atoms with E-state index in [4.69, 9.17) is 4.42 Å². The van der Waals surface area contributed by atoms with E-state index < -0.39 is 0 Å². The standard InChI is InChI=1S/C13H9FO2/c14-11-5-3-10(4-6-11)13-8-7-12(16-13)2-1-9-15/h1-9H. The van der Waals surface area contributed by atoms with Gasteiger partial charge in [0.2, 0.25) is 0 Å². The molecule has 0 fully saturated rings. The van der Waals surface area contributed by atoms with Crippen molar-refractivity contribution in [2.75, 3.05) is 0 Å². The van der Waals surface area contributed by atoms with Crippen LogP contribution in [0.25, 0.3) is 17.4 Å². The average Bonchev–Trinajstić information content (AvgIpc) is 2.76. The molecule has 80 valence electrons. The van der Waals surface area contributed by atoms with Gasteiger partial charge in [-0.05, 0) is 48.6 Å². The van der Waals surface area contributed by atoms with E-state index in [0.717, 1.165) is 5.56 Å². The lowest BCUT2D eigenvalue weighted by molar-refractivity contribution is -0.104. The first-order valence-corrected chi connectivity index (χ1v) is 4.77. The van der Waals surface area contributed by atoms with Crippen molar-refractivity contribution >= 4 is 12.4 Å². The molecule has 1 aromatic heterocycles. The predicted octanol–water partition coefficient (Wildman–Crippen LogP) is 3.30. The van der Waals surface area contributed by atoms with Crippen LogP contribution in [0.1, 0.15) is 5.76 Å². The zero-order valence-corrected chi connectivity index (χ0v) is 8.39. The second-order valence-corrected chi connectivity index (χ2v) is 3.20. The Morgan fingerprint density at radius 1 is 1.06 bits per heavy atom. The number of allylic oxidation sites excluding steroid dienone is 1. The maximum absolute atomic E-state index is 12.7. The molecule has 0 spiro atoms. The summed E-state index contributed by atoms with van der Waals surface area (Å²) < 4.78 is 18.1. The zero-order chi connectivity index (χ0) is 11.4. The van der Waals surface area contributed by atoms with Gasteiger partial charge in [-0.2, -0.15) is 0 Å². The van der Waals surface area contributed by atoms with E-state index in [1.54, 1.807) is 30.3 Å². The Morgan fingerprint density at radius 2 is 1.81 bits per heavy atom. The molecule has 0 bridgehead atoms. The monoisotopic (exact) mass is 216 g/mol. The molecule has 16 heavy (non-hydrogen) atoms. The van der Waals surface area contributed by atoms with E-state index in [-0.39, 0.29) is 5.82 Å². The largest absolute Gasteiger partial charge is 0.457 e. The van der Waals surface area contributed by atoms with Gasteiger partial charge in [0, 0.05) is 5.56 Å². The fraction of sp³-hybridized carbons (Fsp3) is 0. The molecule has 0 saturated heterocycles. The third-order valence-electron chi connectivity index (χ3n) is 2.09. The molecule has 0 saturated carbocycles. The number of furan rings is 1. The lowest BCUT2D eigenvalue weighted by Crippen LogP contribution is -1.75. The third kappa shape index (κ3) is 2.25. The summed E-state index contributed by atoms with van der Waals surface area (Å²) in [7, 11) is 0. The van der Waals surface area contributed by atoms with Gasteiger partial charge in [0.15, 0.2) is 0 Å². The average molecular weight is 216 g/mol. The molecule has 0 atom stereocenters. The van der Waals surface area contributed by atoms with Crippen LogP contribution in [0.2, 0.25) is 0 Å². The van der Waals surface area contributed by atoms with Crippen LogP contribution >= 0.6 is 0 Å². The van der Waals surface area contributed by atoms with Crippen LogP contribution in [0.4, 0.5) is 4.39 Å². The van der Waals surface area contributed by atoms with Crippen LogP contribution in [0.5, 0.6) is 0 Å². The highest BCUT2D eigenvalue weighted by atomic mass is 19.1. The quantitative estimate of drug-likeness (QED) is 0.582. The smallest absolute Gasteiger partial charge is 0.142 e. The van der Waals surface area contributed by atoms with Crippen molar-refractivity contribution in [1.29, 1.82) is 0 Å². The van der Waals surface area contributed by atoms with E-state index in [2.05, 4.69) is 0 Å². The maximum atomic E-state index is 12.7. The number of benzene rings is 1. The second kappa shape index (κ2) is 4.57. The van der Waals surface area contributed by atoms with Crippen molar-refractivity contribution in [3.63, 3.8) is 0 Å². The summed E-state index contributed by atoms with van der Waals surface area (Å²) in [6, 6.07) is 9.55. The van der Waals surface area contributed by atoms with Crippen LogP contribution in [-0.4, -0.2) is 6.29 Å². The number of hydrogen-bond acceptors (Lipinski definition) is 2. The summed E-state index contributed by atoms with van der Waals surface area (Å²) in [6.45, 7) is 0. The summed E-state index contributed by atoms with van der Waals surface area (Å²) >= 11 is 0. The zero-order valence-electron chi connectivity index (χ0n) is 8.39. The highest BCUT2D eigenvalue weighted by Crippen LogP contribution is 2.22. The molecule has 0 radical (unpaired) electrons.